The van der Waals surface area contributed by atoms with E-state index in [0.29, 0.717) is 58.3 Å². The van der Waals surface area contributed by atoms with Crippen LogP contribution in [0, 0.1) is 5.92 Å². The van der Waals surface area contributed by atoms with E-state index in [9.17, 15) is 14.7 Å². The van der Waals surface area contributed by atoms with Gasteiger partial charge in [0.2, 0.25) is 0 Å². The molecule has 3 atom stereocenters. The van der Waals surface area contributed by atoms with Gasteiger partial charge in [-0.3, -0.25) is 19.5 Å². The highest BCUT2D eigenvalue weighted by Crippen LogP contribution is 2.56. The molecule has 3 aromatic carbocycles. The SMILES string of the molecule is CCOc1ccc(CN2C[C@H]3C[C@@H](c4ccc(N(C)C)c5ccccc45)N4C(=O)N(CCN5CCOCC5)C(=O)C34C2)cc1O. The maximum Gasteiger partial charge on any atom is 0.328 e. The standard InChI is InChI=1S/C35H43N5O5/c1-4-45-32-12-9-24(19-31(32)41)21-38-22-25-20-30(28-10-11-29(36(2)3)27-8-6-5-7-26(27)28)40-34(43)39(33(42)35(25,40)23-38)14-13-37-15-17-44-18-16-37/h5-12,19,25,30,41H,4,13-18,20-23H2,1-3H3/t25-,30+,35?/m1/s1. The molecule has 3 amide bonds. The summed E-state index contributed by atoms with van der Waals surface area (Å²) in [7, 11) is 4.09. The number of carbonyl (C=O) groups excluding carboxylic acids is 2. The smallest absolute Gasteiger partial charge is 0.328 e. The van der Waals surface area contributed by atoms with E-state index in [1.165, 1.54) is 4.90 Å². The molecule has 0 aromatic heterocycles. The predicted octanol–water partition coefficient (Wildman–Crippen LogP) is 3.92. The van der Waals surface area contributed by atoms with Crippen LogP contribution < -0.4 is 9.64 Å². The highest BCUT2D eigenvalue weighted by Gasteiger charge is 2.70. The lowest BCUT2D eigenvalue weighted by Gasteiger charge is -2.32. The number of phenols is 1. The van der Waals surface area contributed by atoms with Crippen molar-refractivity contribution in [2.75, 3.05) is 78.1 Å². The van der Waals surface area contributed by atoms with E-state index in [1.54, 1.807) is 12.1 Å². The Morgan fingerprint density at radius 3 is 2.51 bits per heavy atom. The maximum absolute atomic E-state index is 14.6. The average molecular weight is 614 g/mol. The number of hydrogen-bond donors (Lipinski definition) is 1. The van der Waals surface area contributed by atoms with E-state index < -0.39 is 5.54 Å². The first-order valence-corrected chi connectivity index (χ1v) is 16.1. The minimum atomic E-state index is -0.915. The van der Waals surface area contributed by atoms with Crippen LogP contribution in [0.5, 0.6) is 11.5 Å². The van der Waals surface area contributed by atoms with Crippen LogP contribution in [0.3, 0.4) is 0 Å². The fourth-order valence-electron chi connectivity index (χ4n) is 8.13. The second-order valence-corrected chi connectivity index (χ2v) is 13.0. The number of urea groups is 1. The van der Waals surface area contributed by atoms with Crippen molar-refractivity contribution < 1.29 is 24.2 Å². The number of imide groups is 1. The van der Waals surface area contributed by atoms with Crippen molar-refractivity contribution in [1.29, 1.82) is 0 Å². The number of likely N-dealkylation sites (tertiary alicyclic amines) is 1. The van der Waals surface area contributed by atoms with Gasteiger partial charge in [-0.1, -0.05) is 36.4 Å². The molecular weight excluding hydrogens is 570 g/mol. The van der Waals surface area contributed by atoms with Crippen LogP contribution in [-0.4, -0.2) is 115 Å². The molecule has 4 aliphatic heterocycles. The molecule has 4 fully saturated rings. The largest absolute Gasteiger partial charge is 0.504 e. The summed E-state index contributed by atoms with van der Waals surface area (Å²) in [5, 5.41) is 12.8. The Kier molecular flexibility index (Phi) is 7.83. The van der Waals surface area contributed by atoms with Crippen LogP contribution >= 0.6 is 0 Å². The monoisotopic (exact) mass is 613 g/mol. The number of carbonyl (C=O) groups is 2. The van der Waals surface area contributed by atoms with Crippen LogP contribution in [0.2, 0.25) is 0 Å². The summed E-state index contributed by atoms with van der Waals surface area (Å²) in [4.78, 5) is 39.1. The number of rotatable bonds is 9. The molecule has 0 aliphatic carbocycles. The fraction of sp³-hybridized carbons (Fsp3) is 0.486. The van der Waals surface area contributed by atoms with Gasteiger partial charge in [0.1, 0.15) is 5.54 Å². The molecule has 0 bridgehead atoms. The molecule has 0 saturated carbocycles. The first-order chi connectivity index (χ1) is 21.8. The Bertz CT molecular complexity index is 1610. The molecular formula is C35H43N5O5. The van der Waals surface area contributed by atoms with Gasteiger partial charge in [0, 0.05) is 76.9 Å². The molecule has 238 valence electrons. The summed E-state index contributed by atoms with van der Waals surface area (Å²) < 4.78 is 11.0. The van der Waals surface area contributed by atoms with Gasteiger partial charge < -0.3 is 24.4 Å². The lowest BCUT2D eigenvalue weighted by molar-refractivity contribution is -0.133. The van der Waals surface area contributed by atoms with Crippen molar-refractivity contribution in [1.82, 2.24) is 19.6 Å². The fourth-order valence-corrected chi connectivity index (χ4v) is 8.13. The molecule has 1 unspecified atom stereocenters. The second-order valence-electron chi connectivity index (χ2n) is 13.0. The first-order valence-electron chi connectivity index (χ1n) is 16.1. The van der Waals surface area contributed by atoms with Gasteiger partial charge >= 0.3 is 6.03 Å². The molecule has 3 aromatic rings. The third kappa shape index (κ3) is 4.99. The van der Waals surface area contributed by atoms with Gasteiger partial charge in [-0.2, -0.15) is 0 Å². The van der Waals surface area contributed by atoms with Crippen LogP contribution in [0.4, 0.5) is 10.5 Å². The van der Waals surface area contributed by atoms with Gasteiger partial charge in [-0.15, -0.1) is 0 Å². The highest BCUT2D eigenvalue weighted by molar-refractivity contribution is 6.09. The van der Waals surface area contributed by atoms with Gasteiger partial charge in [0.15, 0.2) is 11.5 Å². The zero-order valence-corrected chi connectivity index (χ0v) is 26.4. The zero-order valence-electron chi connectivity index (χ0n) is 26.4. The number of fused-ring (bicyclic) bond motifs is 1. The van der Waals surface area contributed by atoms with Gasteiger partial charge in [0.25, 0.3) is 5.91 Å². The van der Waals surface area contributed by atoms with Crippen LogP contribution in [0.25, 0.3) is 10.8 Å². The number of amides is 3. The minimum absolute atomic E-state index is 0.00378. The highest BCUT2D eigenvalue weighted by atomic mass is 16.5. The molecule has 7 rings (SSSR count). The van der Waals surface area contributed by atoms with Crippen molar-refractivity contribution in [2.24, 2.45) is 5.92 Å². The summed E-state index contributed by atoms with van der Waals surface area (Å²) >= 11 is 0. The Hall–Kier alpha value is -3.86. The van der Waals surface area contributed by atoms with Crippen molar-refractivity contribution >= 4 is 28.4 Å². The lowest BCUT2D eigenvalue weighted by atomic mass is 9.87. The number of nitrogens with zero attached hydrogens (tertiary/aromatic N) is 5. The summed E-state index contributed by atoms with van der Waals surface area (Å²) in [5.41, 5.74) is 2.26. The Labute approximate surface area is 264 Å². The molecule has 1 spiro atoms. The topological polar surface area (TPSA) is 89.0 Å². The van der Waals surface area contributed by atoms with Gasteiger partial charge in [0.05, 0.1) is 25.9 Å². The molecule has 4 saturated heterocycles. The van der Waals surface area contributed by atoms with Crippen molar-refractivity contribution in [2.45, 2.75) is 31.5 Å². The quantitative estimate of drug-likeness (QED) is 0.364. The molecule has 10 nitrogen and oxygen atoms in total. The number of hydrogen-bond acceptors (Lipinski definition) is 8. The molecule has 4 aliphatic rings. The molecule has 10 heteroatoms. The minimum Gasteiger partial charge on any atom is -0.504 e. The van der Waals surface area contributed by atoms with Crippen LogP contribution in [-0.2, 0) is 16.1 Å². The maximum atomic E-state index is 14.6. The molecule has 4 heterocycles. The molecule has 0 radical (unpaired) electrons. The number of benzene rings is 3. The Balaban J connectivity index is 1.22. The van der Waals surface area contributed by atoms with Crippen molar-refractivity contribution in [3.8, 4) is 11.5 Å². The van der Waals surface area contributed by atoms with Crippen molar-refractivity contribution in [3.63, 3.8) is 0 Å². The summed E-state index contributed by atoms with van der Waals surface area (Å²) in [6.45, 7) is 8.10. The first kappa shape index (κ1) is 29.8. The van der Waals surface area contributed by atoms with Gasteiger partial charge in [-0.05, 0) is 48.1 Å². The van der Waals surface area contributed by atoms with E-state index in [-0.39, 0.29) is 29.6 Å². The van der Waals surface area contributed by atoms with E-state index >= 15 is 0 Å². The Morgan fingerprint density at radius 1 is 1.00 bits per heavy atom. The van der Waals surface area contributed by atoms with E-state index in [1.807, 2.05) is 32.0 Å². The molecule has 45 heavy (non-hydrogen) atoms. The summed E-state index contributed by atoms with van der Waals surface area (Å²) in [6, 6.07) is 17.8. The van der Waals surface area contributed by atoms with E-state index in [0.717, 1.165) is 47.1 Å². The summed E-state index contributed by atoms with van der Waals surface area (Å²) in [5.74, 6) is 0.505. The number of morpholine rings is 1. The van der Waals surface area contributed by atoms with Crippen LogP contribution in [0.15, 0.2) is 54.6 Å². The summed E-state index contributed by atoms with van der Waals surface area (Å²) in [6.07, 6.45) is 0.727. The van der Waals surface area contributed by atoms with E-state index in [2.05, 4.69) is 51.1 Å². The van der Waals surface area contributed by atoms with E-state index in [4.69, 9.17) is 9.47 Å². The predicted molar refractivity (Wildman–Crippen MR) is 173 cm³/mol. The molecule has 1 N–H and O–H groups in total. The van der Waals surface area contributed by atoms with Gasteiger partial charge in [-0.25, -0.2) is 4.79 Å². The number of aromatic hydroxyl groups is 1. The van der Waals surface area contributed by atoms with Crippen molar-refractivity contribution in [3.05, 3.63) is 65.7 Å². The number of phenolic OH excluding ortho intramolecular Hbond substituents is 1. The lowest BCUT2D eigenvalue weighted by Crippen LogP contribution is -2.51. The third-order valence-electron chi connectivity index (χ3n) is 10.2. The number of ether oxygens (including phenoxy) is 2. The number of anilines is 1. The van der Waals surface area contributed by atoms with Crippen LogP contribution in [0.1, 0.15) is 30.5 Å². The third-order valence-corrected chi connectivity index (χ3v) is 10.2. The second kappa shape index (κ2) is 11.8. The normalized spacial score (nSPS) is 25.3. The average Bonchev–Trinajstić information content (AvgIpc) is 3.61. The zero-order chi connectivity index (χ0) is 31.3. The Morgan fingerprint density at radius 2 is 1.78 bits per heavy atom.